The molecule has 1 aromatic heterocycles. The summed E-state index contributed by atoms with van der Waals surface area (Å²) in [6, 6.07) is 21.7. The first-order valence-corrected chi connectivity index (χ1v) is 19.6. The molecule has 0 spiro atoms. The second-order valence-electron chi connectivity index (χ2n) is 14.7. The summed E-state index contributed by atoms with van der Waals surface area (Å²) >= 11 is 0. The molecule has 4 atom stereocenters. The average molecular weight is 766 g/mol. The number of nitrogens with one attached hydrogen (secondary N) is 1. The van der Waals surface area contributed by atoms with Crippen LogP contribution in [0.25, 0.3) is 11.1 Å². The third-order valence-electron chi connectivity index (χ3n) is 10.5. The maximum atomic E-state index is 14.7. The van der Waals surface area contributed by atoms with E-state index in [1.54, 1.807) is 29.2 Å². The fraction of sp³-hybridized carbons (Fsp3) is 0.442. The van der Waals surface area contributed by atoms with E-state index in [4.69, 9.17) is 19.6 Å². The number of oxazole rings is 1. The highest BCUT2D eigenvalue weighted by atomic mass is 16.6. The van der Waals surface area contributed by atoms with Gasteiger partial charge in [-0.15, -0.1) is 0 Å². The highest BCUT2D eigenvalue weighted by molar-refractivity contribution is 6.00. The van der Waals surface area contributed by atoms with Gasteiger partial charge in [0.05, 0.1) is 12.6 Å². The molecule has 0 bridgehead atoms. The SMILES string of the molecule is Cc1ccc(C[C@@H](NC(=O)OCc2ccccc2)C(=O)N2C[C@H](OC(=O)N3CCCCC3)C[C@H]2C(=O)C[C@@H](CCCCN)C(=O)c2nc3ccccc3o2)cc1. The molecule has 6 rings (SSSR count). The maximum Gasteiger partial charge on any atom is 0.410 e. The van der Waals surface area contributed by atoms with E-state index in [2.05, 4.69) is 10.3 Å². The van der Waals surface area contributed by atoms with Crippen molar-refractivity contribution in [3.05, 3.63) is 101 Å². The molecule has 56 heavy (non-hydrogen) atoms. The van der Waals surface area contributed by atoms with Crippen molar-refractivity contribution in [3.8, 4) is 0 Å². The minimum atomic E-state index is -1.12. The van der Waals surface area contributed by atoms with Crippen molar-refractivity contribution in [3.63, 3.8) is 0 Å². The monoisotopic (exact) mass is 765 g/mol. The zero-order valence-electron chi connectivity index (χ0n) is 31.9. The Morgan fingerprint density at radius 2 is 1.64 bits per heavy atom. The number of aryl methyl sites for hydroxylation is 1. The average Bonchev–Trinajstić information content (AvgIpc) is 3.85. The van der Waals surface area contributed by atoms with Crippen LogP contribution in [-0.2, 0) is 32.1 Å². The summed E-state index contributed by atoms with van der Waals surface area (Å²) in [5, 5.41) is 2.76. The first-order valence-electron chi connectivity index (χ1n) is 19.6. The minimum Gasteiger partial charge on any atom is -0.445 e. The number of rotatable bonds is 16. The van der Waals surface area contributed by atoms with E-state index in [-0.39, 0.29) is 44.1 Å². The number of ether oxygens (including phenoxy) is 2. The molecule has 13 heteroatoms. The number of unbranched alkanes of at least 4 members (excludes halogenated alkanes) is 1. The van der Waals surface area contributed by atoms with Crippen LogP contribution in [0.4, 0.5) is 9.59 Å². The van der Waals surface area contributed by atoms with Gasteiger partial charge in [0.2, 0.25) is 11.7 Å². The van der Waals surface area contributed by atoms with Crippen molar-refractivity contribution in [2.24, 2.45) is 11.7 Å². The second kappa shape index (κ2) is 19.3. The number of alkyl carbamates (subject to hydrolysis) is 1. The molecular weight excluding hydrogens is 714 g/mol. The maximum absolute atomic E-state index is 14.7. The molecule has 3 aromatic carbocycles. The number of likely N-dealkylation sites (tertiary alicyclic amines) is 2. The lowest BCUT2D eigenvalue weighted by Gasteiger charge is -2.29. The van der Waals surface area contributed by atoms with Gasteiger partial charge in [-0.2, -0.15) is 0 Å². The van der Waals surface area contributed by atoms with Crippen LogP contribution in [0, 0.1) is 12.8 Å². The molecule has 0 unspecified atom stereocenters. The Hall–Kier alpha value is -5.56. The van der Waals surface area contributed by atoms with E-state index in [9.17, 15) is 24.0 Å². The van der Waals surface area contributed by atoms with Gasteiger partial charge in [-0.05, 0) is 68.8 Å². The van der Waals surface area contributed by atoms with Crippen LogP contribution in [0.15, 0.2) is 83.3 Å². The first-order chi connectivity index (χ1) is 27.2. The van der Waals surface area contributed by atoms with Gasteiger partial charge in [0, 0.05) is 38.3 Å². The molecule has 2 fully saturated rings. The molecular formula is C43H51N5O8. The van der Waals surface area contributed by atoms with Gasteiger partial charge in [0.25, 0.3) is 5.89 Å². The lowest BCUT2D eigenvalue weighted by Crippen LogP contribution is -2.53. The number of Topliss-reactive ketones (excluding diaryl/α,β-unsaturated/α-hetero) is 2. The van der Waals surface area contributed by atoms with E-state index in [0.29, 0.717) is 50.0 Å². The highest BCUT2D eigenvalue weighted by Crippen LogP contribution is 2.29. The van der Waals surface area contributed by atoms with Crippen LogP contribution in [0.2, 0.25) is 0 Å². The van der Waals surface area contributed by atoms with Gasteiger partial charge in [-0.25, -0.2) is 14.6 Å². The zero-order valence-corrected chi connectivity index (χ0v) is 31.9. The van der Waals surface area contributed by atoms with Gasteiger partial charge in [0.15, 0.2) is 11.4 Å². The molecule has 0 radical (unpaired) electrons. The van der Waals surface area contributed by atoms with Crippen LogP contribution in [0.3, 0.4) is 0 Å². The van der Waals surface area contributed by atoms with Crippen LogP contribution < -0.4 is 11.1 Å². The normalized spacial score (nSPS) is 18.0. The van der Waals surface area contributed by atoms with Crippen molar-refractivity contribution < 1.29 is 37.9 Å². The van der Waals surface area contributed by atoms with Crippen LogP contribution in [0.5, 0.6) is 0 Å². The molecule has 3 amide bonds. The molecule has 2 aliphatic rings. The van der Waals surface area contributed by atoms with Crippen LogP contribution in [-0.4, -0.2) is 88.8 Å². The summed E-state index contributed by atoms with van der Waals surface area (Å²) < 4.78 is 17.3. The quantitative estimate of drug-likeness (QED) is 0.0995. The van der Waals surface area contributed by atoms with Gasteiger partial charge < -0.3 is 34.7 Å². The van der Waals surface area contributed by atoms with Crippen molar-refractivity contribution in [1.82, 2.24) is 20.1 Å². The van der Waals surface area contributed by atoms with Gasteiger partial charge >= 0.3 is 12.2 Å². The molecule has 2 saturated heterocycles. The summed E-state index contributed by atoms with van der Waals surface area (Å²) in [6.45, 7) is 3.47. The Balaban J connectivity index is 1.25. The lowest BCUT2D eigenvalue weighted by molar-refractivity contribution is -0.139. The van der Waals surface area contributed by atoms with Gasteiger partial charge in [-0.1, -0.05) is 78.7 Å². The molecule has 0 aliphatic carbocycles. The molecule has 3 heterocycles. The number of hydrogen-bond donors (Lipinski definition) is 2. The third-order valence-corrected chi connectivity index (χ3v) is 10.5. The third kappa shape index (κ3) is 10.6. The Bertz CT molecular complexity index is 1930. The fourth-order valence-corrected chi connectivity index (χ4v) is 7.38. The number of carbonyl (C=O) groups excluding carboxylic acids is 5. The number of piperidine rings is 1. The number of hydrogen-bond acceptors (Lipinski definition) is 10. The Kier molecular flexibility index (Phi) is 13.9. The van der Waals surface area contributed by atoms with Crippen molar-refractivity contribution in [2.45, 2.75) is 89.5 Å². The number of aromatic nitrogens is 1. The second-order valence-corrected chi connectivity index (χ2v) is 14.7. The molecule has 4 aromatic rings. The van der Waals surface area contributed by atoms with Crippen LogP contribution in [0.1, 0.15) is 78.7 Å². The number of nitrogens with two attached hydrogens (primary N) is 1. The largest absolute Gasteiger partial charge is 0.445 e. The van der Waals surface area contributed by atoms with Crippen molar-refractivity contribution >= 4 is 40.8 Å². The minimum absolute atomic E-state index is 0.00285. The topological polar surface area (TPSA) is 174 Å². The number of carbonyl (C=O) groups is 5. The van der Waals surface area contributed by atoms with E-state index in [0.717, 1.165) is 36.0 Å². The number of benzene rings is 3. The lowest BCUT2D eigenvalue weighted by atomic mass is 9.89. The molecule has 0 saturated carbocycles. The van der Waals surface area contributed by atoms with E-state index >= 15 is 0 Å². The molecule has 3 N–H and O–H groups in total. The Morgan fingerprint density at radius 3 is 2.38 bits per heavy atom. The standard InChI is InChI=1S/C43H51N5O8/c1-29-17-19-30(20-18-29)24-35(46-42(52)54-28-31-12-4-2-5-13-31)41(51)48-27-33(55-43(53)47-22-10-3-11-23-47)26-36(48)37(49)25-32(14-8-9-21-44)39(50)40-45-34-15-6-7-16-38(34)56-40/h2,4-7,12-13,15-20,32-33,35-36H,3,8-11,14,21-28,44H2,1H3,(H,46,52)/t32-,33-,35-,36+/m1/s1. The fourth-order valence-electron chi connectivity index (χ4n) is 7.38. The van der Waals surface area contributed by atoms with Gasteiger partial charge in [-0.3, -0.25) is 14.4 Å². The summed E-state index contributed by atoms with van der Waals surface area (Å²) in [5.74, 6) is -2.17. The number of fused-ring (bicyclic) bond motifs is 1. The smallest absolute Gasteiger partial charge is 0.410 e. The summed E-state index contributed by atoms with van der Waals surface area (Å²) in [5.41, 5.74) is 9.37. The van der Waals surface area contributed by atoms with Crippen LogP contribution >= 0.6 is 0 Å². The zero-order chi connectivity index (χ0) is 39.4. The highest BCUT2D eigenvalue weighted by Gasteiger charge is 2.45. The van der Waals surface area contributed by atoms with Crippen molar-refractivity contribution in [2.75, 3.05) is 26.2 Å². The molecule has 2 aliphatic heterocycles. The molecule has 13 nitrogen and oxygen atoms in total. The molecule has 296 valence electrons. The Labute approximate surface area is 326 Å². The first kappa shape index (κ1) is 40.1. The van der Waals surface area contributed by atoms with Gasteiger partial charge in [0.1, 0.15) is 24.3 Å². The van der Waals surface area contributed by atoms with E-state index in [1.807, 2.05) is 61.5 Å². The number of ketones is 2. The number of nitrogens with zero attached hydrogens (tertiary/aromatic N) is 3. The summed E-state index contributed by atoms with van der Waals surface area (Å²) in [6.07, 6.45) is 2.30. The summed E-state index contributed by atoms with van der Waals surface area (Å²) in [7, 11) is 0. The summed E-state index contributed by atoms with van der Waals surface area (Å²) in [4.78, 5) is 77.0. The number of amides is 3. The predicted molar refractivity (Wildman–Crippen MR) is 209 cm³/mol. The predicted octanol–water partition coefficient (Wildman–Crippen LogP) is 6.15. The van der Waals surface area contributed by atoms with Crippen molar-refractivity contribution in [1.29, 1.82) is 0 Å². The number of para-hydroxylation sites is 2. The van der Waals surface area contributed by atoms with E-state index in [1.165, 1.54) is 4.90 Å². The van der Waals surface area contributed by atoms with E-state index < -0.39 is 48.0 Å². The Morgan fingerprint density at radius 1 is 0.911 bits per heavy atom.